The third kappa shape index (κ3) is 6.09. The van der Waals surface area contributed by atoms with Gasteiger partial charge in [-0.05, 0) is 54.1 Å². The van der Waals surface area contributed by atoms with Gasteiger partial charge in [-0.3, -0.25) is 10.1 Å². The van der Waals surface area contributed by atoms with Crippen molar-refractivity contribution in [1.82, 2.24) is 4.98 Å². The van der Waals surface area contributed by atoms with Gasteiger partial charge in [0.2, 0.25) is 0 Å². The zero-order valence-corrected chi connectivity index (χ0v) is 21.5. The first kappa shape index (κ1) is 28.1. The molecule has 0 spiro atoms. The minimum atomic E-state index is -0.430. The van der Waals surface area contributed by atoms with E-state index in [9.17, 15) is 14.9 Å². The number of hydrogen-bond acceptors (Lipinski definition) is 6. The van der Waals surface area contributed by atoms with Gasteiger partial charge in [0.05, 0.1) is 21.6 Å². The lowest BCUT2D eigenvalue weighted by Gasteiger charge is -2.14. The number of anilines is 4. The van der Waals surface area contributed by atoms with Crippen molar-refractivity contribution >= 4 is 81.1 Å². The predicted octanol–water partition coefficient (Wildman–Crippen LogP) is 6.99. The Labute approximate surface area is 230 Å². The van der Waals surface area contributed by atoms with E-state index in [2.05, 4.69) is 20.9 Å². The van der Waals surface area contributed by atoms with E-state index in [4.69, 9.17) is 5.73 Å². The van der Waals surface area contributed by atoms with Crippen LogP contribution in [0.1, 0.15) is 5.56 Å². The minimum absolute atomic E-state index is 0. The van der Waals surface area contributed by atoms with Crippen molar-refractivity contribution in [2.24, 2.45) is 5.73 Å². The van der Waals surface area contributed by atoms with Crippen LogP contribution in [0.4, 0.5) is 33.2 Å². The van der Waals surface area contributed by atoms with Crippen LogP contribution in [0.3, 0.4) is 0 Å². The van der Waals surface area contributed by atoms with Gasteiger partial charge in [-0.15, -0.1) is 24.8 Å². The van der Waals surface area contributed by atoms with Crippen molar-refractivity contribution in [2.75, 3.05) is 16.0 Å². The third-order valence-electron chi connectivity index (χ3n) is 5.74. The van der Waals surface area contributed by atoms with Crippen LogP contribution >= 0.6 is 24.8 Å². The number of urea groups is 1. The van der Waals surface area contributed by atoms with Crippen LogP contribution < -0.4 is 21.7 Å². The minimum Gasteiger partial charge on any atom is -0.354 e. The Morgan fingerprint density at radius 2 is 1.37 bits per heavy atom. The molecule has 194 valence electrons. The molecule has 11 heteroatoms. The van der Waals surface area contributed by atoms with E-state index in [0.717, 1.165) is 33.2 Å². The van der Waals surface area contributed by atoms with Crippen molar-refractivity contribution in [3.8, 4) is 0 Å². The zero-order valence-electron chi connectivity index (χ0n) is 19.9. The number of nitro benzene ring substituents is 1. The molecule has 0 saturated carbocycles. The van der Waals surface area contributed by atoms with Crippen molar-refractivity contribution in [2.45, 2.75) is 6.54 Å². The van der Waals surface area contributed by atoms with Gasteiger partial charge in [0.1, 0.15) is 0 Å². The van der Waals surface area contributed by atoms with E-state index >= 15 is 0 Å². The highest BCUT2D eigenvalue weighted by atomic mass is 35.5. The Hall–Kier alpha value is -4.44. The lowest BCUT2D eigenvalue weighted by molar-refractivity contribution is -0.384. The summed E-state index contributed by atoms with van der Waals surface area (Å²) < 4.78 is 0. The van der Waals surface area contributed by atoms with Crippen LogP contribution in [0, 0.1) is 10.1 Å². The number of benzene rings is 4. The number of halogens is 2. The number of nitrogens with two attached hydrogens (primary N) is 1. The number of hydrogen-bond donors (Lipinski definition) is 4. The first-order valence-electron chi connectivity index (χ1n) is 11.2. The Morgan fingerprint density at radius 1 is 0.789 bits per heavy atom. The fourth-order valence-electron chi connectivity index (χ4n) is 3.93. The van der Waals surface area contributed by atoms with Crippen LogP contribution in [0.2, 0.25) is 0 Å². The summed E-state index contributed by atoms with van der Waals surface area (Å²) >= 11 is 0. The van der Waals surface area contributed by atoms with Crippen LogP contribution in [-0.2, 0) is 6.54 Å². The average molecular weight is 551 g/mol. The first-order valence-corrected chi connectivity index (χ1v) is 11.2. The third-order valence-corrected chi connectivity index (χ3v) is 5.74. The molecule has 4 aromatic carbocycles. The number of para-hydroxylation sites is 1. The van der Waals surface area contributed by atoms with Gasteiger partial charge in [-0.1, -0.05) is 30.3 Å². The van der Waals surface area contributed by atoms with Crippen LogP contribution in [-0.4, -0.2) is 15.9 Å². The summed E-state index contributed by atoms with van der Waals surface area (Å²) in [5, 5.41) is 21.9. The number of pyridine rings is 1. The topological polar surface area (TPSA) is 135 Å². The van der Waals surface area contributed by atoms with E-state index in [1.807, 2.05) is 48.5 Å². The molecule has 5 N–H and O–H groups in total. The first-order chi connectivity index (χ1) is 17.5. The second-order valence-corrected chi connectivity index (χ2v) is 8.15. The average Bonchev–Trinajstić information content (AvgIpc) is 2.89. The smallest absolute Gasteiger partial charge is 0.323 e. The Kier molecular flexibility index (Phi) is 9.03. The number of non-ortho nitro benzene ring substituents is 1. The van der Waals surface area contributed by atoms with Gasteiger partial charge in [-0.2, -0.15) is 0 Å². The number of rotatable bonds is 6. The molecule has 38 heavy (non-hydrogen) atoms. The molecule has 0 aliphatic heterocycles. The lowest BCUT2D eigenvalue weighted by Crippen LogP contribution is -2.19. The summed E-state index contributed by atoms with van der Waals surface area (Å²) in [6, 6.07) is 26.5. The van der Waals surface area contributed by atoms with E-state index in [1.54, 1.807) is 30.3 Å². The van der Waals surface area contributed by atoms with Crippen molar-refractivity contribution in [3.63, 3.8) is 0 Å². The van der Waals surface area contributed by atoms with E-state index < -0.39 is 4.92 Å². The molecule has 1 heterocycles. The van der Waals surface area contributed by atoms with Gasteiger partial charge in [0.25, 0.3) is 5.69 Å². The Balaban J connectivity index is 0.00000200. The fraction of sp³-hybridized carbons (Fsp3) is 0.0370. The summed E-state index contributed by atoms with van der Waals surface area (Å²) in [7, 11) is 0. The highest BCUT2D eigenvalue weighted by Gasteiger charge is 2.13. The molecule has 5 aromatic rings. The standard InChI is InChI=1S/C27H22N6O3.2ClH/c28-16-17-5-7-19(8-6-17)30-27(34)31-20-11-9-18(10-12-20)29-26-22-3-1-2-4-24(22)32-25-15-21(33(35)36)13-14-23(25)26;;/h1-15H,16,28H2,(H,29,32)(H2,30,31,34);2*1H. The number of nitro groups is 1. The highest BCUT2D eigenvalue weighted by Crippen LogP contribution is 2.34. The molecule has 0 aliphatic rings. The summed E-state index contributed by atoms with van der Waals surface area (Å²) in [4.78, 5) is 27.8. The zero-order chi connectivity index (χ0) is 25.1. The molecular formula is C27H24Cl2N6O3. The summed E-state index contributed by atoms with van der Waals surface area (Å²) in [5.74, 6) is 0. The van der Waals surface area contributed by atoms with E-state index in [1.165, 1.54) is 12.1 Å². The van der Waals surface area contributed by atoms with E-state index in [0.29, 0.717) is 23.4 Å². The quantitative estimate of drug-likeness (QED) is 0.102. The monoisotopic (exact) mass is 550 g/mol. The van der Waals surface area contributed by atoms with Gasteiger partial charge in [0, 0.05) is 46.5 Å². The normalized spacial score (nSPS) is 10.2. The van der Waals surface area contributed by atoms with Gasteiger partial charge < -0.3 is 21.7 Å². The van der Waals surface area contributed by atoms with Crippen LogP contribution in [0.5, 0.6) is 0 Å². The van der Waals surface area contributed by atoms with Crippen LogP contribution in [0.15, 0.2) is 91.0 Å². The number of aromatic nitrogens is 1. The molecule has 0 atom stereocenters. The molecule has 1 aromatic heterocycles. The second kappa shape index (κ2) is 12.2. The van der Waals surface area contributed by atoms with Gasteiger partial charge in [0.15, 0.2) is 0 Å². The number of carbonyl (C=O) groups excluding carboxylic acids is 1. The molecule has 0 aliphatic carbocycles. The van der Waals surface area contributed by atoms with Crippen molar-refractivity contribution in [1.29, 1.82) is 0 Å². The van der Waals surface area contributed by atoms with Gasteiger partial charge >= 0.3 is 6.03 Å². The molecule has 0 saturated heterocycles. The SMILES string of the molecule is Cl.Cl.NCc1ccc(NC(=O)Nc2ccc(Nc3c4ccccc4nc4cc([N+](=O)[O-])ccc34)cc2)cc1. The maximum Gasteiger partial charge on any atom is 0.323 e. The molecule has 0 bridgehead atoms. The van der Waals surface area contributed by atoms with Gasteiger partial charge in [-0.25, -0.2) is 9.78 Å². The lowest BCUT2D eigenvalue weighted by atomic mass is 10.1. The van der Waals surface area contributed by atoms with Crippen molar-refractivity contribution < 1.29 is 9.72 Å². The molecule has 9 nitrogen and oxygen atoms in total. The molecular weight excluding hydrogens is 527 g/mol. The molecule has 5 rings (SSSR count). The maximum absolute atomic E-state index is 12.4. The molecule has 2 amide bonds. The van der Waals surface area contributed by atoms with Crippen molar-refractivity contribution in [3.05, 3.63) is 107 Å². The maximum atomic E-state index is 12.4. The number of amides is 2. The number of carbonyl (C=O) groups is 1. The molecule has 0 fully saturated rings. The Morgan fingerprint density at radius 3 is 2.00 bits per heavy atom. The largest absolute Gasteiger partial charge is 0.354 e. The predicted molar refractivity (Wildman–Crippen MR) is 157 cm³/mol. The highest BCUT2D eigenvalue weighted by molar-refractivity contribution is 6.09. The van der Waals surface area contributed by atoms with E-state index in [-0.39, 0.29) is 36.5 Å². The number of nitrogens with one attached hydrogen (secondary N) is 3. The summed E-state index contributed by atoms with van der Waals surface area (Å²) in [5.41, 5.74) is 10.7. The second-order valence-electron chi connectivity index (χ2n) is 8.15. The number of fused-ring (bicyclic) bond motifs is 2. The summed E-state index contributed by atoms with van der Waals surface area (Å²) in [6.45, 7) is 0.442. The molecule has 0 unspecified atom stereocenters. The summed E-state index contributed by atoms with van der Waals surface area (Å²) in [6.07, 6.45) is 0. The van der Waals surface area contributed by atoms with Crippen LogP contribution in [0.25, 0.3) is 21.8 Å². The molecule has 0 radical (unpaired) electrons. The number of nitrogens with zero attached hydrogens (tertiary/aromatic N) is 2. The fourth-order valence-corrected chi connectivity index (χ4v) is 3.93. The Bertz CT molecular complexity index is 1600.